The Morgan fingerprint density at radius 2 is 2.25 bits per heavy atom. The summed E-state index contributed by atoms with van der Waals surface area (Å²) in [6, 6.07) is 2.36. The van der Waals surface area contributed by atoms with E-state index in [0.29, 0.717) is 13.2 Å². The molecular weight excluding hydrogens is 274 g/mol. The zero-order chi connectivity index (χ0) is 14.5. The van der Waals surface area contributed by atoms with Crippen LogP contribution in [0.15, 0.2) is 6.07 Å². The first-order valence-electron chi connectivity index (χ1n) is 6.66. The largest absolute Gasteiger partial charge is 0.383 e. The predicted octanol–water partition coefficient (Wildman–Crippen LogP) is 1.70. The van der Waals surface area contributed by atoms with Gasteiger partial charge < -0.3 is 10.1 Å². The van der Waals surface area contributed by atoms with Gasteiger partial charge in [-0.15, -0.1) is 16.4 Å². The zero-order valence-corrected chi connectivity index (χ0v) is 13.2. The third kappa shape index (κ3) is 3.41. The third-order valence-corrected chi connectivity index (χ3v) is 4.21. The smallest absolute Gasteiger partial charge is 0.165 e. The summed E-state index contributed by atoms with van der Waals surface area (Å²) in [4.78, 5) is 2.64. The topological polar surface area (TPSA) is 64.9 Å². The van der Waals surface area contributed by atoms with E-state index >= 15 is 0 Å². The molecule has 2 rings (SSSR count). The maximum Gasteiger partial charge on any atom is 0.165 e. The number of hydrogen-bond acceptors (Lipinski definition) is 6. The molecule has 0 saturated carbocycles. The van der Waals surface area contributed by atoms with Crippen molar-refractivity contribution in [2.24, 2.45) is 0 Å². The fraction of sp³-hybridized carbons (Fsp3) is 0.615. The van der Waals surface area contributed by atoms with Crippen LogP contribution in [0.2, 0.25) is 0 Å². The van der Waals surface area contributed by atoms with Crippen molar-refractivity contribution in [1.82, 2.24) is 25.5 Å². The Bertz CT molecular complexity index is 551. The van der Waals surface area contributed by atoms with Crippen LogP contribution < -0.4 is 5.32 Å². The predicted molar refractivity (Wildman–Crippen MR) is 79.0 cm³/mol. The molecule has 0 amide bonds. The second-order valence-corrected chi connectivity index (χ2v) is 6.21. The highest BCUT2D eigenvalue weighted by molar-refractivity contribution is 7.12. The first kappa shape index (κ1) is 15.1. The van der Waals surface area contributed by atoms with Crippen molar-refractivity contribution in [2.75, 3.05) is 20.3 Å². The fourth-order valence-corrected chi connectivity index (χ4v) is 3.22. The van der Waals surface area contributed by atoms with Gasteiger partial charge >= 0.3 is 0 Å². The molecule has 1 atom stereocenters. The Labute approximate surface area is 123 Å². The summed E-state index contributed by atoms with van der Waals surface area (Å²) in [5, 5.41) is 15.3. The molecule has 0 aliphatic carbocycles. The molecule has 2 aromatic heterocycles. The minimum Gasteiger partial charge on any atom is -0.383 e. The van der Waals surface area contributed by atoms with Gasteiger partial charge in [-0.25, -0.2) is 4.68 Å². The van der Waals surface area contributed by atoms with Crippen molar-refractivity contribution < 1.29 is 4.74 Å². The number of rotatable bonds is 7. The molecule has 0 saturated heterocycles. The number of nitrogens with one attached hydrogen (secondary N) is 1. The van der Waals surface area contributed by atoms with Gasteiger partial charge in [-0.3, -0.25) is 0 Å². The van der Waals surface area contributed by atoms with Gasteiger partial charge in [0.25, 0.3) is 0 Å². The summed E-state index contributed by atoms with van der Waals surface area (Å²) in [7, 11) is 1.69. The summed E-state index contributed by atoms with van der Waals surface area (Å²) in [6.45, 7) is 8.51. The van der Waals surface area contributed by atoms with Crippen LogP contribution in [0.4, 0.5) is 0 Å². The lowest BCUT2D eigenvalue weighted by Crippen LogP contribution is -2.22. The van der Waals surface area contributed by atoms with Crippen LogP contribution in [0.1, 0.15) is 34.1 Å². The number of hydrogen-bond donors (Lipinski definition) is 1. The Balaban J connectivity index is 2.09. The molecule has 1 N–H and O–H groups in total. The molecule has 0 bridgehead atoms. The van der Waals surface area contributed by atoms with Crippen LogP contribution in [0.3, 0.4) is 0 Å². The highest BCUT2D eigenvalue weighted by Crippen LogP contribution is 2.28. The van der Waals surface area contributed by atoms with Gasteiger partial charge in [0, 0.05) is 23.4 Å². The highest BCUT2D eigenvalue weighted by atomic mass is 32.1. The fourth-order valence-electron chi connectivity index (χ4n) is 2.20. The first-order valence-corrected chi connectivity index (χ1v) is 7.48. The Hall–Kier alpha value is -1.31. The molecule has 0 radical (unpaired) electrons. The van der Waals surface area contributed by atoms with Crippen molar-refractivity contribution in [3.8, 4) is 0 Å². The van der Waals surface area contributed by atoms with Crippen LogP contribution in [0.5, 0.6) is 0 Å². The van der Waals surface area contributed by atoms with Gasteiger partial charge in [0.1, 0.15) is 0 Å². The molecule has 0 aliphatic heterocycles. The molecule has 2 heterocycles. The second kappa shape index (κ2) is 6.92. The number of nitrogens with zero attached hydrogens (tertiary/aromatic N) is 4. The van der Waals surface area contributed by atoms with Crippen LogP contribution in [-0.4, -0.2) is 40.5 Å². The molecule has 0 aliphatic rings. The summed E-state index contributed by atoms with van der Waals surface area (Å²) >= 11 is 1.81. The summed E-state index contributed by atoms with van der Waals surface area (Å²) in [6.07, 6.45) is 0. The quantitative estimate of drug-likeness (QED) is 0.788. The SMILES string of the molecule is COCCNCc1nnnn1C(C)c1cc(C)sc1C. The summed E-state index contributed by atoms with van der Waals surface area (Å²) in [5.74, 6) is 0.844. The number of methoxy groups -OCH3 is 1. The van der Waals surface area contributed by atoms with E-state index in [9.17, 15) is 0 Å². The lowest BCUT2D eigenvalue weighted by Gasteiger charge is -2.13. The molecule has 0 fully saturated rings. The Kier molecular flexibility index (Phi) is 5.22. The number of tetrazole rings is 1. The van der Waals surface area contributed by atoms with E-state index in [0.717, 1.165) is 12.4 Å². The second-order valence-electron chi connectivity index (χ2n) is 4.75. The minimum absolute atomic E-state index is 0.147. The molecule has 2 aromatic rings. The van der Waals surface area contributed by atoms with Gasteiger partial charge in [0.2, 0.25) is 0 Å². The van der Waals surface area contributed by atoms with Gasteiger partial charge in [-0.1, -0.05) is 0 Å². The molecule has 20 heavy (non-hydrogen) atoms. The number of aromatic nitrogens is 4. The molecular formula is C13H21N5OS. The maximum absolute atomic E-state index is 5.01. The standard InChI is InChI=1S/C13H21N5OS/c1-9-7-12(11(3)20-9)10(2)18-13(15-16-17-18)8-14-5-6-19-4/h7,10,14H,5-6,8H2,1-4H3. The van der Waals surface area contributed by atoms with Gasteiger partial charge in [0.05, 0.1) is 19.2 Å². The number of aryl methyl sites for hydroxylation is 2. The van der Waals surface area contributed by atoms with Crippen molar-refractivity contribution in [3.05, 3.63) is 27.2 Å². The van der Waals surface area contributed by atoms with E-state index in [1.54, 1.807) is 7.11 Å². The minimum atomic E-state index is 0.147. The zero-order valence-electron chi connectivity index (χ0n) is 12.4. The molecule has 0 spiro atoms. The summed E-state index contributed by atoms with van der Waals surface area (Å²) in [5.41, 5.74) is 1.29. The number of ether oxygens (including phenoxy) is 1. The van der Waals surface area contributed by atoms with Crippen LogP contribution in [-0.2, 0) is 11.3 Å². The summed E-state index contributed by atoms with van der Waals surface area (Å²) < 4.78 is 6.89. The molecule has 7 heteroatoms. The lowest BCUT2D eigenvalue weighted by molar-refractivity contribution is 0.198. The van der Waals surface area contributed by atoms with Crippen LogP contribution in [0, 0.1) is 13.8 Å². The van der Waals surface area contributed by atoms with E-state index in [-0.39, 0.29) is 6.04 Å². The van der Waals surface area contributed by atoms with Crippen LogP contribution >= 0.6 is 11.3 Å². The van der Waals surface area contributed by atoms with Crippen molar-refractivity contribution >= 4 is 11.3 Å². The Morgan fingerprint density at radius 3 is 2.90 bits per heavy atom. The average molecular weight is 295 g/mol. The molecule has 6 nitrogen and oxygen atoms in total. The Morgan fingerprint density at radius 1 is 1.45 bits per heavy atom. The number of thiophene rings is 1. The van der Waals surface area contributed by atoms with E-state index < -0.39 is 0 Å². The van der Waals surface area contributed by atoms with Crippen molar-refractivity contribution in [3.63, 3.8) is 0 Å². The van der Waals surface area contributed by atoms with Gasteiger partial charge in [-0.05, 0) is 42.8 Å². The van der Waals surface area contributed by atoms with E-state index in [1.807, 2.05) is 16.0 Å². The van der Waals surface area contributed by atoms with Crippen molar-refractivity contribution in [1.29, 1.82) is 0 Å². The third-order valence-electron chi connectivity index (χ3n) is 3.22. The molecule has 0 aromatic carbocycles. The van der Waals surface area contributed by atoms with Crippen LogP contribution in [0.25, 0.3) is 0 Å². The van der Waals surface area contributed by atoms with Gasteiger partial charge in [-0.2, -0.15) is 0 Å². The monoisotopic (exact) mass is 295 g/mol. The van der Waals surface area contributed by atoms with E-state index in [2.05, 4.69) is 47.7 Å². The average Bonchev–Trinajstić information content (AvgIpc) is 3.00. The lowest BCUT2D eigenvalue weighted by atomic mass is 10.1. The first-order chi connectivity index (χ1) is 9.63. The normalized spacial score (nSPS) is 12.8. The van der Waals surface area contributed by atoms with E-state index in [1.165, 1.54) is 15.3 Å². The van der Waals surface area contributed by atoms with Crippen molar-refractivity contribution in [2.45, 2.75) is 33.4 Å². The van der Waals surface area contributed by atoms with E-state index in [4.69, 9.17) is 4.74 Å². The maximum atomic E-state index is 5.01. The van der Waals surface area contributed by atoms with Gasteiger partial charge in [0.15, 0.2) is 5.82 Å². The molecule has 1 unspecified atom stereocenters. The molecule has 110 valence electrons. The highest BCUT2D eigenvalue weighted by Gasteiger charge is 2.17.